The van der Waals surface area contributed by atoms with Gasteiger partial charge in [0, 0.05) is 17.9 Å². The molecule has 1 unspecified atom stereocenters. The summed E-state index contributed by atoms with van der Waals surface area (Å²) in [5, 5.41) is 1.20. The Morgan fingerprint density at radius 2 is 2.20 bits per heavy atom. The van der Waals surface area contributed by atoms with Crippen LogP contribution in [-0.2, 0) is 4.79 Å². The highest BCUT2D eigenvalue weighted by atomic mass is 79.9. The summed E-state index contributed by atoms with van der Waals surface area (Å²) in [4.78, 5) is 14.4. The standard InChI is InChI=1S/C11H18BrNOS/c12-8-9-4-3-6-13(9)11(14)10-5-1-2-7-15-10/h9-10H,1-8H2/t9-,10?/m1/s1. The van der Waals surface area contributed by atoms with Crippen LogP contribution in [0.5, 0.6) is 0 Å². The molecule has 2 rings (SSSR count). The Balaban J connectivity index is 1.93. The van der Waals surface area contributed by atoms with Gasteiger partial charge in [0.15, 0.2) is 0 Å². The molecular formula is C11H18BrNOS. The van der Waals surface area contributed by atoms with E-state index in [2.05, 4.69) is 20.8 Å². The molecule has 2 aliphatic rings. The molecule has 2 heterocycles. The zero-order valence-corrected chi connectivity index (χ0v) is 11.4. The van der Waals surface area contributed by atoms with Gasteiger partial charge in [-0.2, -0.15) is 0 Å². The number of likely N-dealkylation sites (tertiary alicyclic amines) is 1. The van der Waals surface area contributed by atoms with Crippen molar-refractivity contribution in [3.05, 3.63) is 0 Å². The van der Waals surface area contributed by atoms with Crippen LogP contribution in [0.15, 0.2) is 0 Å². The molecule has 0 radical (unpaired) electrons. The Bertz CT molecular complexity index is 231. The third-order valence-corrected chi connectivity index (χ3v) is 5.40. The molecule has 0 saturated carbocycles. The third-order valence-electron chi connectivity index (χ3n) is 3.29. The molecule has 0 aromatic carbocycles. The maximum atomic E-state index is 12.3. The fraction of sp³-hybridized carbons (Fsp3) is 0.909. The quantitative estimate of drug-likeness (QED) is 0.729. The molecule has 0 aromatic rings. The summed E-state index contributed by atoms with van der Waals surface area (Å²) in [6.45, 7) is 0.978. The zero-order chi connectivity index (χ0) is 10.7. The number of nitrogens with zero attached hydrogens (tertiary/aromatic N) is 1. The lowest BCUT2D eigenvalue weighted by molar-refractivity contribution is -0.131. The number of hydrogen-bond acceptors (Lipinski definition) is 2. The molecule has 2 fully saturated rings. The Morgan fingerprint density at radius 3 is 2.87 bits per heavy atom. The second-order valence-corrected chi connectivity index (χ2v) is 6.30. The van der Waals surface area contributed by atoms with E-state index in [1.165, 1.54) is 31.4 Å². The number of rotatable bonds is 2. The fourth-order valence-corrected chi connectivity index (χ4v) is 4.35. The van der Waals surface area contributed by atoms with Crippen LogP contribution in [0.1, 0.15) is 32.1 Å². The smallest absolute Gasteiger partial charge is 0.235 e. The van der Waals surface area contributed by atoms with Crippen molar-refractivity contribution in [2.24, 2.45) is 0 Å². The first kappa shape index (κ1) is 11.8. The van der Waals surface area contributed by atoms with E-state index < -0.39 is 0 Å². The summed E-state index contributed by atoms with van der Waals surface area (Å²) in [7, 11) is 0. The summed E-state index contributed by atoms with van der Waals surface area (Å²) in [6.07, 6.45) is 5.97. The molecule has 2 aliphatic heterocycles. The molecule has 0 spiro atoms. The van der Waals surface area contributed by atoms with Crippen molar-refractivity contribution in [1.29, 1.82) is 0 Å². The highest BCUT2D eigenvalue weighted by Crippen LogP contribution is 2.29. The van der Waals surface area contributed by atoms with E-state index in [0.29, 0.717) is 11.9 Å². The van der Waals surface area contributed by atoms with Crippen LogP contribution in [0.3, 0.4) is 0 Å². The van der Waals surface area contributed by atoms with Crippen LogP contribution in [0, 0.1) is 0 Å². The molecule has 4 heteroatoms. The van der Waals surface area contributed by atoms with E-state index in [9.17, 15) is 4.79 Å². The average Bonchev–Trinajstić information content (AvgIpc) is 2.77. The van der Waals surface area contributed by atoms with Crippen molar-refractivity contribution in [2.75, 3.05) is 17.6 Å². The number of carbonyl (C=O) groups excluding carboxylic acids is 1. The van der Waals surface area contributed by atoms with Crippen molar-refractivity contribution < 1.29 is 4.79 Å². The SMILES string of the molecule is O=C(C1CCCCS1)N1CCC[C@@H]1CBr. The van der Waals surface area contributed by atoms with Gasteiger partial charge in [-0.05, 0) is 31.4 Å². The molecule has 0 bridgehead atoms. The Kier molecular flexibility index (Phi) is 4.38. The lowest BCUT2D eigenvalue weighted by Gasteiger charge is -2.29. The first-order chi connectivity index (χ1) is 7.33. The van der Waals surface area contributed by atoms with E-state index >= 15 is 0 Å². The molecular weight excluding hydrogens is 274 g/mol. The van der Waals surface area contributed by atoms with Gasteiger partial charge in [-0.25, -0.2) is 0 Å². The highest BCUT2D eigenvalue weighted by molar-refractivity contribution is 9.09. The third kappa shape index (κ3) is 2.70. The normalized spacial score (nSPS) is 31.9. The van der Waals surface area contributed by atoms with E-state index in [-0.39, 0.29) is 5.25 Å². The van der Waals surface area contributed by atoms with Gasteiger partial charge in [-0.1, -0.05) is 22.4 Å². The van der Waals surface area contributed by atoms with E-state index in [4.69, 9.17) is 0 Å². The molecule has 0 N–H and O–H groups in total. The van der Waals surface area contributed by atoms with Crippen molar-refractivity contribution in [3.8, 4) is 0 Å². The zero-order valence-electron chi connectivity index (χ0n) is 8.95. The number of carbonyl (C=O) groups is 1. The van der Waals surface area contributed by atoms with Crippen LogP contribution in [0.2, 0.25) is 0 Å². The molecule has 0 aromatic heterocycles. The van der Waals surface area contributed by atoms with Crippen LogP contribution >= 0.6 is 27.7 Å². The van der Waals surface area contributed by atoms with Gasteiger partial charge in [0.2, 0.25) is 5.91 Å². The van der Waals surface area contributed by atoms with Gasteiger partial charge in [0.05, 0.1) is 5.25 Å². The van der Waals surface area contributed by atoms with Gasteiger partial charge in [-0.3, -0.25) is 4.79 Å². The molecule has 86 valence electrons. The Morgan fingerprint density at radius 1 is 1.33 bits per heavy atom. The van der Waals surface area contributed by atoms with E-state index in [0.717, 1.165) is 18.3 Å². The lowest BCUT2D eigenvalue weighted by atomic mass is 10.1. The molecule has 2 saturated heterocycles. The molecule has 2 atom stereocenters. The van der Waals surface area contributed by atoms with Crippen LogP contribution < -0.4 is 0 Å². The maximum Gasteiger partial charge on any atom is 0.235 e. The summed E-state index contributed by atoms with van der Waals surface area (Å²) < 4.78 is 0. The topological polar surface area (TPSA) is 20.3 Å². The first-order valence-corrected chi connectivity index (χ1v) is 7.98. The highest BCUT2D eigenvalue weighted by Gasteiger charge is 2.33. The minimum atomic E-state index is 0.262. The van der Waals surface area contributed by atoms with Crippen LogP contribution in [-0.4, -0.2) is 39.7 Å². The first-order valence-electron chi connectivity index (χ1n) is 5.81. The fourth-order valence-electron chi connectivity index (χ4n) is 2.41. The second kappa shape index (κ2) is 5.58. The van der Waals surface area contributed by atoms with Gasteiger partial charge < -0.3 is 4.90 Å². The van der Waals surface area contributed by atoms with Gasteiger partial charge >= 0.3 is 0 Å². The van der Waals surface area contributed by atoms with Crippen molar-refractivity contribution >= 4 is 33.6 Å². The maximum absolute atomic E-state index is 12.3. The summed E-state index contributed by atoms with van der Waals surface area (Å²) in [6, 6.07) is 0.458. The number of thioether (sulfide) groups is 1. The second-order valence-electron chi connectivity index (χ2n) is 4.34. The van der Waals surface area contributed by atoms with Crippen molar-refractivity contribution in [3.63, 3.8) is 0 Å². The van der Waals surface area contributed by atoms with E-state index in [1.54, 1.807) is 0 Å². The predicted octanol–water partition coefficient (Wildman–Crippen LogP) is 2.66. The summed E-state index contributed by atoms with van der Waals surface area (Å²) in [5.74, 6) is 1.57. The molecule has 0 aliphatic carbocycles. The minimum absolute atomic E-state index is 0.262. The van der Waals surface area contributed by atoms with E-state index in [1.807, 2.05) is 11.8 Å². The molecule has 1 amide bonds. The van der Waals surface area contributed by atoms with Crippen molar-refractivity contribution in [1.82, 2.24) is 4.90 Å². The van der Waals surface area contributed by atoms with Gasteiger partial charge in [0.1, 0.15) is 0 Å². The summed E-state index contributed by atoms with van der Waals surface area (Å²) in [5.41, 5.74) is 0. The predicted molar refractivity (Wildman–Crippen MR) is 68.6 cm³/mol. The number of hydrogen-bond donors (Lipinski definition) is 0. The number of amides is 1. The molecule has 2 nitrogen and oxygen atoms in total. The van der Waals surface area contributed by atoms with Gasteiger partial charge in [-0.15, -0.1) is 11.8 Å². The lowest BCUT2D eigenvalue weighted by Crippen LogP contribution is -2.42. The molecule has 15 heavy (non-hydrogen) atoms. The number of halogens is 1. The Labute approximate surface area is 104 Å². The largest absolute Gasteiger partial charge is 0.338 e. The Hall–Kier alpha value is 0.300. The average molecular weight is 292 g/mol. The van der Waals surface area contributed by atoms with Crippen LogP contribution in [0.4, 0.5) is 0 Å². The summed E-state index contributed by atoms with van der Waals surface area (Å²) >= 11 is 5.37. The minimum Gasteiger partial charge on any atom is -0.338 e. The van der Waals surface area contributed by atoms with Crippen LogP contribution in [0.25, 0.3) is 0 Å². The monoisotopic (exact) mass is 291 g/mol. The number of alkyl halides is 1. The van der Waals surface area contributed by atoms with Gasteiger partial charge in [0.25, 0.3) is 0 Å². The van der Waals surface area contributed by atoms with Crippen molar-refractivity contribution in [2.45, 2.75) is 43.4 Å².